The molecule has 2 aromatic carbocycles. The van der Waals surface area contributed by atoms with E-state index in [0.29, 0.717) is 22.0 Å². The Morgan fingerprint density at radius 2 is 1.94 bits per heavy atom. The fourth-order valence-electron chi connectivity index (χ4n) is 1.51. The van der Waals surface area contributed by atoms with E-state index in [9.17, 15) is 9.90 Å². The van der Waals surface area contributed by atoms with Crippen LogP contribution in [-0.4, -0.2) is 11.0 Å². The number of halogens is 1. The number of carbonyl (C=O) groups excluding carboxylic acids is 1. The number of aromatic hydroxyl groups is 1. The molecule has 0 aliphatic rings. The number of nitrogens with one attached hydrogen (secondary N) is 1. The average Bonchev–Trinajstić information content (AvgIpc) is 2.34. The largest absolute Gasteiger partial charge is 0.508 e. The normalized spacial score (nSPS) is 10.1. The summed E-state index contributed by atoms with van der Waals surface area (Å²) in [7, 11) is 0. The highest BCUT2D eigenvalue weighted by atomic mass is 35.5. The molecule has 2 aromatic rings. The van der Waals surface area contributed by atoms with Crippen molar-refractivity contribution < 1.29 is 9.90 Å². The summed E-state index contributed by atoms with van der Waals surface area (Å²) in [5, 5.41) is 12.3. The Bertz CT molecular complexity index is 579. The van der Waals surface area contributed by atoms with Gasteiger partial charge in [-0.25, -0.2) is 0 Å². The molecule has 0 aliphatic carbocycles. The van der Waals surface area contributed by atoms with Gasteiger partial charge in [0, 0.05) is 5.56 Å². The quantitative estimate of drug-likeness (QED) is 0.729. The first-order chi connectivity index (χ1) is 8.58. The molecule has 0 unspecified atom stereocenters. The fraction of sp³-hybridized carbons (Fsp3) is 0. The molecule has 92 valence electrons. The summed E-state index contributed by atoms with van der Waals surface area (Å²) in [5.74, 6) is -0.361. The molecule has 1 amide bonds. The first kappa shape index (κ1) is 12.3. The third kappa shape index (κ3) is 2.55. The first-order valence-corrected chi connectivity index (χ1v) is 5.60. The van der Waals surface area contributed by atoms with Crippen LogP contribution in [0.4, 0.5) is 11.4 Å². The summed E-state index contributed by atoms with van der Waals surface area (Å²) in [6.07, 6.45) is 0. The van der Waals surface area contributed by atoms with Gasteiger partial charge in [0.05, 0.1) is 16.4 Å². The molecular formula is C13H11ClN2O2. The lowest BCUT2D eigenvalue weighted by molar-refractivity contribution is 0.102. The second-order valence-corrected chi connectivity index (χ2v) is 4.12. The van der Waals surface area contributed by atoms with Crippen LogP contribution < -0.4 is 11.1 Å². The van der Waals surface area contributed by atoms with E-state index in [1.807, 2.05) is 0 Å². The Hall–Kier alpha value is -2.20. The first-order valence-electron chi connectivity index (χ1n) is 5.22. The number of nitrogen functional groups attached to an aromatic ring is 1. The molecular weight excluding hydrogens is 252 g/mol. The topological polar surface area (TPSA) is 75.3 Å². The number of rotatable bonds is 2. The smallest absolute Gasteiger partial charge is 0.255 e. The van der Waals surface area contributed by atoms with Crippen molar-refractivity contribution in [3.05, 3.63) is 53.1 Å². The maximum absolute atomic E-state index is 11.9. The Morgan fingerprint density at radius 1 is 1.22 bits per heavy atom. The second kappa shape index (κ2) is 4.98. The van der Waals surface area contributed by atoms with Gasteiger partial charge in [-0.3, -0.25) is 4.79 Å². The second-order valence-electron chi connectivity index (χ2n) is 3.71. The molecule has 0 bridgehead atoms. The summed E-state index contributed by atoms with van der Waals surface area (Å²) in [5.41, 5.74) is 6.81. The summed E-state index contributed by atoms with van der Waals surface area (Å²) in [6, 6.07) is 11.0. The number of para-hydroxylation sites is 1. The number of carbonyl (C=O) groups is 1. The minimum atomic E-state index is -0.384. The Morgan fingerprint density at radius 3 is 2.61 bits per heavy atom. The van der Waals surface area contributed by atoms with Gasteiger partial charge >= 0.3 is 0 Å². The summed E-state index contributed by atoms with van der Waals surface area (Å²) in [4.78, 5) is 11.9. The van der Waals surface area contributed by atoms with Gasteiger partial charge in [0.15, 0.2) is 0 Å². The number of nitrogens with two attached hydrogens (primary N) is 1. The maximum Gasteiger partial charge on any atom is 0.255 e. The van der Waals surface area contributed by atoms with E-state index >= 15 is 0 Å². The Labute approximate surface area is 109 Å². The van der Waals surface area contributed by atoms with Crippen molar-refractivity contribution >= 4 is 28.9 Å². The third-order valence-electron chi connectivity index (χ3n) is 2.39. The minimum absolute atomic E-state index is 0.0229. The van der Waals surface area contributed by atoms with Crippen LogP contribution in [0.15, 0.2) is 42.5 Å². The lowest BCUT2D eigenvalue weighted by Gasteiger charge is -2.10. The number of anilines is 2. The molecule has 0 aliphatic heterocycles. The summed E-state index contributed by atoms with van der Waals surface area (Å²) in [6.45, 7) is 0. The highest BCUT2D eigenvalue weighted by Crippen LogP contribution is 2.28. The van der Waals surface area contributed by atoms with Crippen molar-refractivity contribution in [1.29, 1.82) is 0 Å². The lowest BCUT2D eigenvalue weighted by atomic mass is 10.2. The number of phenolic OH excluding ortho intramolecular Hbond substituents is 1. The van der Waals surface area contributed by atoms with E-state index in [-0.39, 0.29) is 11.7 Å². The van der Waals surface area contributed by atoms with Gasteiger partial charge in [-0.1, -0.05) is 23.7 Å². The van der Waals surface area contributed by atoms with Crippen LogP contribution >= 0.6 is 11.6 Å². The Kier molecular flexibility index (Phi) is 3.39. The standard InChI is InChI=1S/C13H11ClN2O2/c14-10-5-2-6-11(15)12(10)16-13(18)8-3-1-4-9(17)7-8/h1-7,17H,15H2,(H,16,18). The van der Waals surface area contributed by atoms with Crippen LogP contribution in [0.3, 0.4) is 0 Å². The predicted molar refractivity (Wildman–Crippen MR) is 71.9 cm³/mol. The zero-order valence-corrected chi connectivity index (χ0v) is 10.1. The molecule has 0 heterocycles. The van der Waals surface area contributed by atoms with Crippen LogP contribution in [0.2, 0.25) is 5.02 Å². The lowest BCUT2D eigenvalue weighted by Crippen LogP contribution is -2.13. The van der Waals surface area contributed by atoms with Gasteiger partial charge in [-0.05, 0) is 30.3 Å². The van der Waals surface area contributed by atoms with Crippen molar-refractivity contribution in [2.45, 2.75) is 0 Å². The van der Waals surface area contributed by atoms with E-state index in [1.54, 1.807) is 30.3 Å². The molecule has 0 fully saturated rings. The number of benzene rings is 2. The number of amides is 1. The maximum atomic E-state index is 11.9. The van der Waals surface area contributed by atoms with E-state index in [2.05, 4.69) is 5.32 Å². The monoisotopic (exact) mass is 262 g/mol. The van der Waals surface area contributed by atoms with Gasteiger partial charge in [-0.15, -0.1) is 0 Å². The third-order valence-corrected chi connectivity index (χ3v) is 2.71. The van der Waals surface area contributed by atoms with Gasteiger partial charge in [0.1, 0.15) is 5.75 Å². The van der Waals surface area contributed by atoms with E-state index in [4.69, 9.17) is 17.3 Å². The molecule has 0 saturated carbocycles. The average molecular weight is 263 g/mol. The van der Waals surface area contributed by atoms with Crippen molar-refractivity contribution in [3.8, 4) is 5.75 Å². The molecule has 4 N–H and O–H groups in total. The minimum Gasteiger partial charge on any atom is -0.508 e. The highest BCUT2D eigenvalue weighted by molar-refractivity contribution is 6.34. The van der Waals surface area contributed by atoms with Crippen molar-refractivity contribution in [1.82, 2.24) is 0 Å². The number of hydrogen-bond acceptors (Lipinski definition) is 3. The zero-order chi connectivity index (χ0) is 13.1. The molecule has 4 nitrogen and oxygen atoms in total. The Balaban J connectivity index is 2.27. The fourth-order valence-corrected chi connectivity index (χ4v) is 1.73. The molecule has 0 atom stereocenters. The van der Waals surface area contributed by atoms with E-state index in [1.165, 1.54) is 12.1 Å². The molecule has 5 heteroatoms. The predicted octanol–water partition coefficient (Wildman–Crippen LogP) is 2.88. The van der Waals surface area contributed by atoms with Crippen molar-refractivity contribution in [2.75, 3.05) is 11.1 Å². The SMILES string of the molecule is Nc1cccc(Cl)c1NC(=O)c1cccc(O)c1. The van der Waals surface area contributed by atoms with Gasteiger partial charge in [-0.2, -0.15) is 0 Å². The van der Waals surface area contributed by atoms with Crippen LogP contribution in [0.1, 0.15) is 10.4 Å². The van der Waals surface area contributed by atoms with Gasteiger partial charge in [0.2, 0.25) is 0 Å². The van der Waals surface area contributed by atoms with Crippen LogP contribution in [-0.2, 0) is 0 Å². The molecule has 0 radical (unpaired) electrons. The van der Waals surface area contributed by atoms with E-state index < -0.39 is 0 Å². The van der Waals surface area contributed by atoms with Gasteiger partial charge in [0.25, 0.3) is 5.91 Å². The van der Waals surface area contributed by atoms with Crippen LogP contribution in [0.5, 0.6) is 5.75 Å². The molecule has 0 aromatic heterocycles. The van der Waals surface area contributed by atoms with Crippen LogP contribution in [0, 0.1) is 0 Å². The molecule has 0 saturated heterocycles. The van der Waals surface area contributed by atoms with Crippen molar-refractivity contribution in [2.24, 2.45) is 0 Å². The highest BCUT2D eigenvalue weighted by Gasteiger charge is 2.11. The van der Waals surface area contributed by atoms with Gasteiger partial charge < -0.3 is 16.2 Å². The number of hydrogen-bond donors (Lipinski definition) is 3. The van der Waals surface area contributed by atoms with Crippen LogP contribution in [0.25, 0.3) is 0 Å². The molecule has 0 spiro atoms. The zero-order valence-electron chi connectivity index (χ0n) is 9.35. The summed E-state index contributed by atoms with van der Waals surface area (Å²) >= 11 is 5.95. The number of phenols is 1. The summed E-state index contributed by atoms with van der Waals surface area (Å²) < 4.78 is 0. The van der Waals surface area contributed by atoms with Crippen molar-refractivity contribution in [3.63, 3.8) is 0 Å². The molecule has 2 rings (SSSR count). The van der Waals surface area contributed by atoms with E-state index in [0.717, 1.165) is 0 Å². The molecule has 18 heavy (non-hydrogen) atoms.